The lowest BCUT2D eigenvalue weighted by Gasteiger charge is -2.22. The molecule has 0 aliphatic carbocycles. The molecule has 0 radical (unpaired) electrons. The molecule has 0 amide bonds. The van der Waals surface area contributed by atoms with Crippen LogP contribution in [-0.2, 0) is 4.74 Å². The molecule has 1 aliphatic rings. The molecule has 0 aromatic rings. The third-order valence-corrected chi connectivity index (χ3v) is 1.85. The topological polar surface area (TPSA) is 9.23 Å². The molecule has 54 valence electrons. The Labute approximate surface area is 55.2 Å². The fourth-order valence-corrected chi connectivity index (χ4v) is 1.13. The quantitative estimate of drug-likeness (QED) is 0.528. The van der Waals surface area contributed by atoms with Crippen molar-refractivity contribution in [3.63, 3.8) is 0 Å². The van der Waals surface area contributed by atoms with Crippen molar-refractivity contribution in [2.75, 3.05) is 13.2 Å². The Kier molecular flexibility index (Phi) is 2.46. The number of hydrogen-bond acceptors (Lipinski definition) is 1. The van der Waals surface area contributed by atoms with Gasteiger partial charge >= 0.3 is 0 Å². The highest BCUT2D eigenvalue weighted by atomic mass is 19.1. The van der Waals surface area contributed by atoms with Crippen LogP contribution in [0.2, 0.25) is 0 Å². The molecular formula is C7H13FO. The monoisotopic (exact) mass is 132 g/mol. The van der Waals surface area contributed by atoms with Crippen molar-refractivity contribution < 1.29 is 9.13 Å². The second kappa shape index (κ2) is 3.16. The van der Waals surface area contributed by atoms with Crippen LogP contribution >= 0.6 is 0 Å². The van der Waals surface area contributed by atoms with Gasteiger partial charge in [-0.1, -0.05) is 0 Å². The molecule has 2 unspecified atom stereocenters. The summed E-state index contributed by atoms with van der Waals surface area (Å²) in [6.07, 6.45) is 1.33. The molecular weight excluding hydrogens is 119 g/mol. The van der Waals surface area contributed by atoms with Gasteiger partial charge in [0.1, 0.15) is 6.17 Å². The van der Waals surface area contributed by atoms with E-state index in [4.69, 9.17) is 4.74 Å². The molecule has 0 N–H and O–H groups in total. The number of rotatable bonds is 1. The fraction of sp³-hybridized carbons (Fsp3) is 1.00. The normalized spacial score (nSPS) is 32.0. The molecule has 0 aromatic heterocycles. The summed E-state index contributed by atoms with van der Waals surface area (Å²) in [4.78, 5) is 0. The van der Waals surface area contributed by atoms with Gasteiger partial charge in [-0.3, -0.25) is 0 Å². The van der Waals surface area contributed by atoms with Gasteiger partial charge in [-0.05, 0) is 19.8 Å². The van der Waals surface area contributed by atoms with Crippen LogP contribution < -0.4 is 0 Å². The van der Waals surface area contributed by atoms with Crippen molar-refractivity contribution >= 4 is 0 Å². The summed E-state index contributed by atoms with van der Waals surface area (Å²) in [5, 5.41) is 0. The summed E-state index contributed by atoms with van der Waals surface area (Å²) in [6.45, 7) is 3.06. The highest BCUT2D eigenvalue weighted by Crippen LogP contribution is 2.18. The Hall–Kier alpha value is -0.110. The molecule has 1 rings (SSSR count). The second-order valence-electron chi connectivity index (χ2n) is 2.65. The van der Waals surface area contributed by atoms with Crippen molar-refractivity contribution in [1.29, 1.82) is 0 Å². The first-order valence-corrected chi connectivity index (χ1v) is 3.52. The summed E-state index contributed by atoms with van der Waals surface area (Å²) in [6, 6.07) is 0. The highest BCUT2D eigenvalue weighted by molar-refractivity contribution is 4.67. The molecule has 2 heteroatoms. The maximum absolute atomic E-state index is 12.5. The van der Waals surface area contributed by atoms with E-state index in [0.717, 1.165) is 19.4 Å². The van der Waals surface area contributed by atoms with Crippen LogP contribution in [0, 0.1) is 5.92 Å². The van der Waals surface area contributed by atoms with E-state index in [0.29, 0.717) is 6.61 Å². The molecule has 9 heavy (non-hydrogen) atoms. The van der Waals surface area contributed by atoms with Gasteiger partial charge in [-0.15, -0.1) is 0 Å². The van der Waals surface area contributed by atoms with Gasteiger partial charge in [0.05, 0.1) is 6.61 Å². The largest absolute Gasteiger partial charge is 0.381 e. The van der Waals surface area contributed by atoms with Gasteiger partial charge in [0, 0.05) is 12.5 Å². The Balaban J connectivity index is 2.23. The van der Waals surface area contributed by atoms with E-state index in [1.165, 1.54) is 0 Å². The summed E-state index contributed by atoms with van der Waals surface area (Å²) in [7, 11) is 0. The lowest BCUT2D eigenvalue weighted by Crippen LogP contribution is -2.23. The van der Waals surface area contributed by atoms with Crippen LogP contribution in [0.3, 0.4) is 0 Å². The third kappa shape index (κ3) is 1.94. The minimum atomic E-state index is -0.690. The van der Waals surface area contributed by atoms with Crippen LogP contribution in [0.1, 0.15) is 19.8 Å². The van der Waals surface area contributed by atoms with Crippen LogP contribution in [0.15, 0.2) is 0 Å². The van der Waals surface area contributed by atoms with E-state index < -0.39 is 6.17 Å². The van der Waals surface area contributed by atoms with E-state index >= 15 is 0 Å². The van der Waals surface area contributed by atoms with Gasteiger partial charge in [-0.2, -0.15) is 0 Å². The van der Waals surface area contributed by atoms with E-state index in [1.807, 2.05) is 0 Å². The van der Waals surface area contributed by atoms with Crippen LogP contribution in [0.5, 0.6) is 0 Å². The van der Waals surface area contributed by atoms with E-state index in [9.17, 15) is 4.39 Å². The first kappa shape index (κ1) is 7.00. The van der Waals surface area contributed by atoms with Crippen molar-refractivity contribution in [2.24, 2.45) is 5.92 Å². The molecule has 1 fully saturated rings. The van der Waals surface area contributed by atoms with Crippen molar-refractivity contribution in [1.82, 2.24) is 0 Å². The van der Waals surface area contributed by atoms with Gasteiger partial charge in [0.2, 0.25) is 0 Å². The van der Waals surface area contributed by atoms with Gasteiger partial charge in [0.25, 0.3) is 0 Å². The zero-order valence-corrected chi connectivity index (χ0v) is 5.77. The Morgan fingerprint density at radius 3 is 2.78 bits per heavy atom. The second-order valence-corrected chi connectivity index (χ2v) is 2.65. The lowest BCUT2D eigenvalue weighted by atomic mass is 9.98. The fourth-order valence-electron chi connectivity index (χ4n) is 1.13. The van der Waals surface area contributed by atoms with Gasteiger partial charge in [0.15, 0.2) is 0 Å². The maximum Gasteiger partial charge on any atom is 0.102 e. The Morgan fingerprint density at radius 1 is 1.67 bits per heavy atom. The van der Waals surface area contributed by atoms with E-state index in [2.05, 4.69) is 0 Å². The SMILES string of the molecule is CC(F)C1CCCOC1. The summed E-state index contributed by atoms with van der Waals surface area (Å²) >= 11 is 0. The first-order valence-electron chi connectivity index (χ1n) is 3.52. The molecule has 0 bridgehead atoms. The van der Waals surface area contributed by atoms with E-state index in [1.54, 1.807) is 6.92 Å². The minimum Gasteiger partial charge on any atom is -0.381 e. The number of alkyl halides is 1. The van der Waals surface area contributed by atoms with Crippen LogP contribution in [0.4, 0.5) is 4.39 Å². The number of halogens is 1. The summed E-state index contributed by atoms with van der Waals surface area (Å²) < 4.78 is 17.6. The van der Waals surface area contributed by atoms with Gasteiger partial charge < -0.3 is 4.74 Å². The van der Waals surface area contributed by atoms with Crippen LogP contribution in [0.25, 0.3) is 0 Å². The Bertz CT molecular complexity index is 77.0. The maximum atomic E-state index is 12.5. The molecule has 1 heterocycles. The van der Waals surface area contributed by atoms with Gasteiger partial charge in [-0.25, -0.2) is 4.39 Å². The standard InChI is InChI=1S/C7H13FO/c1-6(8)7-3-2-4-9-5-7/h6-7H,2-5H2,1H3. The lowest BCUT2D eigenvalue weighted by molar-refractivity contribution is 0.0248. The van der Waals surface area contributed by atoms with Crippen molar-refractivity contribution in [2.45, 2.75) is 25.9 Å². The third-order valence-electron chi connectivity index (χ3n) is 1.85. The molecule has 1 saturated heterocycles. The van der Waals surface area contributed by atoms with Crippen molar-refractivity contribution in [3.05, 3.63) is 0 Å². The van der Waals surface area contributed by atoms with Crippen LogP contribution in [-0.4, -0.2) is 19.4 Å². The zero-order valence-electron chi connectivity index (χ0n) is 5.77. The predicted octanol–water partition coefficient (Wildman–Crippen LogP) is 1.77. The predicted molar refractivity (Wildman–Crippen MR) is 34.1 cm³/mol. The smallest absolute Gasteiger partial charge is 0.102 e. The first-order chi connectivity index (χ1) is 4.30. The van der Waals surface area contributed by atoms with Crippen molar-refractivity contribution in [3.8, 4) is 0 Å². The molecule has 0 saturated carbocycles. The Morgan fingerprint density at radius 2 is 2.44 bits per heavy atom. The molecule has 2 atom stereocenters. The summed E-state index contributed by atoms with van der Waals surface area (Å²) in [5.41, 5.74) is 0. The zero-order chi connectivity index (χ0) is 6.69. The minimum absolute atomic E-state index is 0.166. The number of hydrogen-bond donors (Lipinski definition) is 0. The molecule has 1 aliphatic heterocycles. The molecule has 0 aromatic carbocycles. The highest BCUT2D eigenvalue weighted by Gasteiger charge is 2.19. The average molecular weight is 132 g/mol. The summed E-state index contributed by atoms with van der Waals surface area (Å²) in [5.74, 6) is 0.166. The van der Waals surface area contributed by atoms with E-state index in [-0.39, 0.29) is 5.92 Å². The molecule has 1 nitrogen and oxygen atoms in total. The average Bonchev–Trinajstić information content (AvgIpc) is 1.90. The number of ether oxygens (including phenoxy) is 1. The molecule has 0 spiro atoms.